The molecule has 2 fully saturated rings. The first-order valence-corrected chi connectivity index (χ1v) is 6.70. The molecule has 2 rings (SSSR count). The van der Waals surface area contributed by atoms with E-state index in [1.54, 1.807) is 0 Å². The molecule has 2 aliphatic carbocycles. The monoisotopic (exact) mass is 210 g/mol. The Hall–Kier alpha value is -0.0800. The van der Waals surface area contributed by atoms with Gasteiger partial charge in [-0.05, 0) is 50.6 Å². The maximum Gasteiger partial charge on any atom is 0.0161 e. The summed E-state index contributed by atoms with van der Waals surface area (Å²) in [5.41, 5.74) is 6.47. The van der Waals surface area contributed by atoms with E-state index in [2.05, 4.69) is 12.4 Å². The molecule has 0 aromatic heterocycles. The minimum Gasteiger partial charge on any atom is -0.330 e. The largest absolute Gasteiger partial charge is 0.330 e. The molecule has 0 aliphatic heterocycles. The molecule has 0 bridgehead atoms. The Morgan fingerprint density at radius 2 is 1.87 bits per heavy atom. The van der Waals surface area contributed by atoms with Crippen LogP contribution < -0.4 is 11.1 Å². The van der Waals surface area contributed by atoms with E-state index in [1.807, 2.05) is 0 Å². The molecular formula is C13H26N2. The highest BCUT2D eigenvalue weighted by Gasteiger charge is 2.45. The molecule has 88 valence electrons. The van der Waals surface area contributed by atoms with Gasteiger partial charge in [0.1, 0.15) is 0 Å². The van der Waals surface area contributed by atoms with Crippen LogP contribution in [-0.4, -0.2) is 19.6 Å². The van der Waals surface area contributed by atoms with Gasteiger partial charge in [-0.25, -0.2) is 0 Å². The average molecular weight is 210 g/mol. The predicted molar refractivity (Wildman–Crippen MR) is 64.8 cm³/mol. The van der Waals surface area contributed by atoms with Gasteiger partial charge >= 0.3 is 0 Å². The summed E-state index contributed by atoms with van der Waals surface area (Å²) in [6.07, 6.45) is 11.3. The number of hydrogen-bond donors (Lipinski definition) is 2. The van der Waals surface area contributed by atoms with Crippen LogP contribution in [0.15, 0.2) is 0 Å². The maximum atomic E-state index is 6.01. The summed E-state index contributed by atoms with van der Waals surface area (Å²) in [6.45, 7) is 0.884. The van der Waals surface area contributed by atoms with E-state index in [1.165, 1.54) is 51.4 Å². The Bertz CT molecular complexity index is 187. The third-order valence-corrected chi connectivity index (χ3v) is 4.85. The van der Waals surface area contributed by atoms with Gasteiger partial charge < -0.3 is 11.1 Å². The van der Waals surface area contributed by atoms with Crippen molar-refractivity contribution in [2.45, 2.75) is 57.4 Å². The second-order valence-electron chi connectivity index (χ2n) is 5.58. The van der Waals surface area contributed by atoms with E-state index in [0.29, 0.717) is 11.5 Å². The van der Waals surface area contributed by atoms with Gasteiger partial charge in [0.05, 0.1) is 0 Å². The first kappa shape index (κ1) is 11.4. The van der Waals surface area contributed by atoms with Gasteiger partial charge in [0.15, 0.2) is 0 Å². The van der Waals surface area contributed by atoms with E-state index in [9.17, 15) is 0 Å². The van der Waals surface area contributed by atoms with Gasteiger partial charge in [-0.1, -0.05) is 25.7 Å². The minimum atomic E-state index is 0.455. The predicted octanol–water partition coefficient (Wildman–Crippen LogP) is 2.28. The summed E-state index contributed by atoms with van der Waals surface area (Å²) < 4.78 is 0. The van der Waals surface area contributed by atoms with Crippen molar-refractivity contribution in [1.82, 2.24) is 5.32 Å². The first-order chi connectivity index (χ1) is 7.32. The van der Waals surface area contributed by atoms with Gasteiger partial charge in [0, 0.05) is 6.04 Å². The quantitative estimate of drug-likeness (QED) is 0.747. The van der Waals surface area contributed by atoms with Gasteiger partial charge in [-0.3, -0.25) is 0 Å². The molecule has 1 unspecified atom stereocenters. The van der Waals surface area contributed by atoms with Crippen molar-refractivity contribution >= 4 is 0 Å². The molecule has 3 N–H and O–H groups in total. The molecule has 2 saturated carbocycles. The summed E-state index contributed by atoms with van der Waals surface area (Å²) in [4.78, 5) is 0. The molecule has 0 heterocycles. The van der Waals surface area contributed by atoms with Crippen LogP contribution in [0.3, 0.4) is 0 Å². The Kier molecular flexibility index (Phi) is 3.68. The van der Waals surface area contributed by atoms with Crippen molar-refractivity contribution in [3.63, 3.8) is 0 Å². The summed E-state index contributed by atoms with van der Waals surface area (Å²) in [6, 6.07) is 0.691. The Balaban J connectivity index is 2.01. The molecule has 2 nitrogen and oxygen atoms in total. The van der Waals surface area contributed by atoms with Crippen molar-refractivity contribution in [2.24, 2.45) is 17.1 Å². The van der Waals surface area contributed by atoms with Crippen molar-refractivity contribution in [1.29, 1.82) is 0 Å². The molecule has 0 saturated heterocycles. The van der Waals surface area contributed by atoms with Gasteiger partial charge in [0.2, 0.25) is 0 Å². The van der Waals surface area contributed by atoms with Crippen LogP contribution in [0.5, 0.6) is 0 Å². The average Bonchev–Trinajstić information content (AvgIpc) is 2.24. The Morgan fingerprint density at radius 3 is 2.27 bits per heavy atom. The van der Waals surface area contributed by atoms with Crippen molar-refractivity contribution in [3.05, 3.63) is 0 Å². The van der Waals surface area contributed by atoms with Crippen LogP contribution in [0.1, 0.15) is 51.4 Å². The molecule has 0 amide bonds. The highest BCUT2D eigenvalue weighted by molar-refractivity contribution is 5.00. The zero-order valence-electron chi connectivity index (χ0n) is 10.1. The fraction of sp³-hybridized carbons (Fsp3) is 1.00. The summed E-state index contributed by atoms with van der Waals surface area (Å²) in [5.74, 6) is 0.896. The van der Waals surface area contributed by atoms with Crippen LogP contribution in [-0.2, 0) is 0 Å². The number of rotatable bonds is 4. The van der Waals surface area contributed by atoms with E-state index >= 15 is 0 Å². The third kappa shape index (κ3) is 2.07. The van der Waals surface area contributed by atoms with Crippen LogP contribution in [0, 0.1) is 11.3 Å². The lowest BCUT2D eigenvalue weighted by molar-refractivity contribution is 0.0434. The van der Waals surface area contributed by atoms with E-state index in [4.69, 9.17) is 5.73 Å². The molecule has 15 heavy (non-hydrogen) atoms. The molecule has 0 radical (unpaired) electrons. The lowest BCUT2D eigenvalue weighted by atomic mass is 9.59. The van der Waals surface area contributed by atoms with E-state index in [0.717, 1.165) is 12.5 Å². The standard InChI is InChI=1S/C13H26N2/c1-15-12(11-6-3-2-4-7-11)13(10-14)8-5-9-13/h11-12,15H,2-10,14H2,1H3. The first-order valence-electron chi connectivity index (χ1n) is 6.70. The van der Waals surface area contributed by atoms with Crippen molar-refractivity contribution in [3.8, 4) is 0 Å². The van der Waals surface area contributed by atoms with Crippen LogP contribution in [0.2, 0.25) is 0 Å². The van der Waals surface area contributed by atoms with E-state index < -0.39 is 0 Å². The fourth-order valence-corrected chi connectivity index (χ4v) is 3.78. The summed E-state index contributed by atoms with van der Waals surface area (Å²) in [5, 5.41) is 3.59. The molecular weight excluding hydrogens is 184 g/mol. The number of hydrogen-bond acceptors (Lipinski definition) is 2. The number of nitrogens with one attached hydrogen (secondary N) is 1. The van der Waals surface area contributed by atoms with Crippen LogP contribution in [0.25, 0.3) is 0 Å². The Morgan fingerprint density at radius 1 is 1.20 bits per heavy atom. The second kappa shape index (κ2) is 4.84. The third-order valence-electron chi connectivity index (χ3n) is 4.85. The smallest absolute Gasteiger partial charge is 0.0161 e. The van der Waals surface area contributed by atoms with Crippen LogP contribution >= 0.6 is 0 Å². The highest BCUT2D eigenvalue weighted by atomic mass is 14.9. The summed E-state index contributed by atoms with van der Waals surface area (Å²) >= 11 is 0. The van der Waals surface area contributed by atoms with Crippen LogP contribution in [0.4, 0.5) is 0 Å². The highest BCUT2D eigenvalue weighted by Crippen LogP contribution is 2.47. The maximum absolute atomic E-state index is 6.01. The zero-order valence-corrected chi connectivity index (χ0v) is 10.1. The van der Waals surface area contributed by atoms with Gasteiger partial charge in [-0.15, -0.1) is 0 Å². The molecule has 2 heteroatoms. The van der Waals surface area contributed by atoms with Crippen molar-refractivity contribution in [2.75, 3.05) is 13.6 Å². The molecule has 2 aliphatic rings. The SMILES string of the molecule is CNC(C1CCCCC1)C1(CN)CCC1. The molecule has 0 aromatic carbocycles. The lowest BCUT2D eigenvalue weighted by Gasteiger charge is -2.50. The van der Waals surface area contributed by atoms with Crippen molar-refractivity contribution < 1.29 is 0 Å². The van der Waals surface area contributed by atoms with Gasteiger partial charge in [-0.2, -0.15) is 0 Å². The Labute approximate surface area is 94.0 Å². The zero-order chi connectivity index (χ0) is 10.7. The fourth-order valence-electron chi connectivity index (χ4n) is 3.78. The lowest BCUT2D eigenvalue weighted by Crippen LogP contribution is -2.56. The minimum absolute atomic E-state index is 0.455. The number of nitrogens with two attached hydrogens (primary N) is 1. The normalized spacial score (nSPS) is 28.4. The summed E-state index contributed by atoms with van der Waals surface area (Å²) in [7, 11) is 2.13. The molecule has 1 atom stereocenters. The molecule has 0 spiro atoms. The topological polar surface area (TPSA) is 38.0 Å². The van der Waals surface area contributed by atoms with E-state index in [-0.39, 0.29) is 0 Å². The second-order valence-corrected chi connectivity index (χ2v) is 5.58. The van der Waals surface area contributed by atoms with Gasteiger partial charge in [0.25, 0.3) is 0 Å². The molecule has 0 aromatic rings.